The zero-order valence-electron chi connectivity index (χ0n) is 11.8. The Bertz CT molecular complexity index is 635. The molecule has 0 aromatic carbocycles. The van der Waals surface area contributed by atoms with Crippen LogP contribution in [-0.4, -0.2) is 19.9 Å². The Morgan fingerprint density at radius 2 is 1.95 bits per heavy atom. The first kappa shape index (κ1) is 13.5. The van der Waals surface area contributed by atoms with Crippen LogP contribution in [0, 0.1) is 0 Å². The zero-order valence-corrected chi connectivity index (χ0v) is 11.8. The highest BCUT2D eigenvalue weighted by Crippen LogP contribution is 2.22. The van der Waals surface area contributed by atoms with Crippen LogP contribution in [0.4, 0.5) is 0 Å². The van der Waals surface area contributed by atoms with Crippen LogP contribution in [-0.2, 0) is 5.41 Å². The smallest absolute Gasteiger partial charge is 0.278 e. The molecular formula is C13H18N4O2. The van der Waals surface area contributed by atoms with Gasteiger partial charge in [0.05, 0.1) is 6.04 Å². The fourth-order valence-electron chi connectivity index (χ4n) is 1.54. The Labute approximate surface area is 111 Å². The van der Waals surface area contributed by atoms with Crippen LogP contribution >= 0.6 is 0 Å². The fraction of sp³-hybridized carbons (Fsp3) is 0.538. The van der Waals surface area contributed by atoms with Crippen molar-refractivity contribution in [1.82, 2.24) is 19.9 Å². The van der Waals surface area contributed by atoms with E-state index in [0.717, 1.165) is 0 Å². The van der Waals surface area contributed by atoms with Gasteiger partial charge in [0.25, 0.3) is 11.4 Å². The van der Waals surface area contributed by atoms with Crippen molar-refractivity contribution in [2.45, 2.75) is 46.1 Å². The van der Waals surface area contributed by atoms with Gasteiger partial charge in [0.1, 0.15) is 5.69 Å². The molecule has 19 heavy (non-hydrogen) atoms. The summed E-state index contributed by atoms with van der Waals surface area (Å²) in [5.41, 5.74) is 0.180. The predicted octanol–water partition coefficient (Wildman–Crippen LogP) is 2.17. The van der Waals surface area contributed by atoms with Gasteiger partial charge in [0.15, 0.2) is 5.82 Å². The van der Waals surface area contributed by atoms with E-state index in [1.807, 2.05) is 34.6 Å². The minimum Gasteiger partial charge on any atom is -0.332 e. The van der Waals surface area contributed by atoms with Gasteiger partial charge in [-0.25, -0.2) is 4.68 Å². The molecule has 6 nitrogen and oxygen atoms in total. The molecule has 0 saturated heterocycles. The normalized spacial score (nSPS) is 12.1. The highest BCUT2D eigenvalue weighted by molar-refractivity contribution is 5.44. The average Bonchev–Trinajstić information content (AvgIpc) is 2.78. The molecule has 0 aliphatic heterocycles. The van der Waals surface area contributed by atoms with Crippen molar-refractivity contribution < 1.29 is 4.52 Å². The van der Waals surface area contributed by atoms with Crippen molar-refractivity contribution in [3.8, 4) is 11.6 Å². The summed E-state index contributed by atoms with van der Waals surface area (Å²) < 4.78 is 6.61. The van der Waals surface area contributed by atoms with Crippen LogP contribution in [0.3, 0.4) is 0 Å². The second kappa shape index (κ2) is 4.60. The third-order valence-corrected chi connectivity index (χ3v) is 2.63. The Kier molecular flexibility index (Phi) is 3.26. The van der Waals surface area contributed by atoms with Gasteiger partial charge in [-0.15, -0.1) is 0 Å². The van der Waals surface area contributed by atoms with E-state index < -0.39 is 0 Å². The lowest BCUT2D eigenvalue weighted by molar-refractivity contribution is 0.399. The fourth-order valence-corrected chi connectivity index (χ4v) is 1.54. The summed E-state index contributed by atoms with van der Waals surface area (Å²) in [5, 5.41) is 8.19. The van der Waals surface area contributed by atoms with E-state index >= 15 is 0 Å². The molecule has 0 aliphatic carbocycles. The number of nitrogens with zero attached hydrogens (tertiary/aromatic N) is 4. The number of hydrogen-bond donors (Lipinski definition) is 0. The summed E-state index contributed by atoms with van der Waals surface area (Å²) in [7, 11) is 0. The molecule has 0 radical (unpaired) electrons. The van der Waals surface area contributed by atoms with Crippen LogP contribution in [0.1, 0.15) is 46.5 Å². The molecule has 0 saturated carbocycles. The van der Waals surface area contributed by atoms with Crippen LogP contribution in [0.25, 0.3) is 11.6 Å². The molecule has 0 bridgehead atoms. The van der Waals surface area contributed by atoms with E-state index in [1.54, 1.807) is 6.07 Å². The van der Waals surface area contributed by atoms with Gasteiger partial charge in [-0.2, -0.15) is 10.1 Å². The van der Waals surface area contributed by atoms with Gasteiger partial charge in [0, 0.05) is 11.5 Å². The van der Waals surface area contributed by atoms with Crippen LogP contribution in [0.15, 0.2) is 21.5 Å². The van der Waals surface area contributed by atoms with E-state index in [4.69, 9.17) is 4.52 Å². The monoisotopic (exact) mass is 262 g/mol. The Morgan fingerprint density at radius 1 is 1.26 bits per heavy atom. The molecule has 2 heterocycles. The first-order valence-corrected chi connectivity index (χ1v) is 6.23. The lowest BCUT2D eigenvalue weighted by atomic mass is 9.96. The van der Waals surface area contributed by atoms with Crippen molar-refractivity contribution in [2.75, 3.05) is 0 Å². The zero-order chi connectivity index (χ0) is 14.2. The molecule has 2 aromatic heterocycles. The minimum absolute atomic E-state index is 0.0162. The Balaban J connectivity index is 2.45. The Hall–Kier alpha value is -1.98. The maximum absolute atomic E-state index is 11.6. The average molecular weight is 262 g/mol. The lowest BCUT2D eigenvalue weighted by Gasteiger charge is -2.11. The highest BCUT2D eigenvalue weighted by Gasteiger charge is 2.22. The molecule has 0 unspecified atom stereocenters. The summed E-state index contributed by atoms with van der Waals surface area (Å²) in [5.74, 6) is 0.950. The number of rotatable bonds is 2. The third-order valence-electron chi connectivity index (χ3n) is 2.63. The molecule has 0 fully saturated rings. The largest absolute Gasteiger partial charge is 0.332 e. The summed E-state index contributed by atoms with van der Waals surface area (Å²) >= 11 is 0. The van der Waals surface area contributed by atoms with Gasteiger partial charge in [-0.05, 0) is 19.9 Å². The molecule has 6 heteroatoms. The molecule has 2 aromatic rings. The quantitative estimate of drug-likeness (QED) is 0.829. The number of aromatic nitrogens is 4. The molecule has 0 atom stereocenters. The summed E-state index contributed by atoms with van der Waals surface area (Å²) in [6, 6.07) is 3.04. The van der Waals surface area contributed by atoms with Crippen LogP contribution < -0.4 is 5.56 Å². The second-order valence-corrected chi connectivity index (χ2v) is 5.77. The van der Waals surface area contributed by atoms with Crippen molar-refractivity contribution >= 4 is 0 Å². The van der Waals surface area contributed by atoms with Gasteiger partial charge in [-0.3, -0.25) is 4.79 Å². The third kappa shape index (κ3) is 2.72. The van der Waals surface area contributed by atoms with Crippen LogP contribution in [0.2, 0.25) is 0 Å². The van der Waals surface area contributed by atoms with Gasteiger partial charge >= 0.3 is 0 Å². The standard InChI is InChI=1S/C13H18N4O2/c1-8(2)17-10(18)7-6-9(15-17)11-14-12(16-19-11)13(3,4)5/h6-8H,1-5H3. The lowest BCUT2D eigenvalue weighted by Crippen LogP contribution is -2.23. The van der Waals surface area contributed by atoms with Gasteiger partial charge in [0.2, 0.25) is 0 Å². The molecule has 2 rings (SSSR count). The topological polar surface area (TPSA) is 73.8 Å². The van der Waals surface area contributed by atoms with Gasteiger partial charge < -0.3 is 4.52 Å². The molecular weight excluding hydrogens is 244 g/mol. The maximum atomic E-state index is 11.6. The van der Waals surface area contributed by atoms with Crippen molar-refractivity contribution in [3.05, 3.63) is 28.3 Å². The predicted molar refractivity (Wildman–Crippen MR) is 70.9 cm³/mol. The first-order chi connectivity index (χ1) is 8.79. The van der Waals surface area contributed by atoms with Crippen LogP contribution in [0.5, 0.6) is 0 Å². The maximum Gasteiger partial charge on any atom is 0.278 e. The van der Waals surface area contributed by atoms with Crippen molar-refractivity contribution in [2.24, 2.45) is 0 Å². The van der Waals surface area contributed by atoms with Crippen molar-refractivity contribution in [3.63, 3.8) is 0 Å². The molecule has 0 amide bonds. The van der Waals surface area contributed by atoms with E-state index in [2.05, 4.69) is 15.2 Å². The molecule has 102 valence electrons. The SMILES string of the molecule is CC(C)n1nc(-c2nc(C(C)(C)C)no2)ccc1=O. The highest BCUT2D eigenvalue weighted by atomic mass is 16.5. The molecule has 0 spiro atoms. The summed E-state index contributed by atoms with van der Waals surface area (Å²) in [4.78, 5) is 16.0. The van der Waals surface area contributed by atoms with E-state index in [1.165, 1.54) is 10.7 Å². The van der Waals surface area contributed by atoms with E-state index in [9.17, 15) is 4.79 Å². The van der Waals surface area contributed by atoms with E-state index in [-0.39, 0.29) is 17.0 Å². The minimum atomic E-state index is -0.186. The Morgan fingerprint density at radius 3 is 2.47 bits per heavy atom. The first-order valence-electron chi connectivity index (χ1n) is 6.23. The van der Waals surface area contributed by atoms with E-state index in [0.29, 0.717) is 17.4 Å². The van der Waals surface area contributed by atoms with Crippen molar-refractivity contribution in [1.29, 1.82) is 0 Å². The van der Waals surface area contributed by atoms with Gasteiger partial charge in [-0.1, -0.05) is 25.9 Å². The summed E-state index contributed by atoms with van der Waals surface area (Å²) in [6.07, 6.45) is 0. The second-order valence-electron chi connectivity index (χ2n) is 5.77. The number of hydrogen-bond acceptors (Lipinski definition) is 5. The molecule has 0 N–H and O–H groups in total. The summed E-state index contributed by atoms with van der Waals surface area (Å²) in [6.45, 7) is 9.80. The molecule has 0 aliphatic rings.